The molecule has 0 bridgehead atoms. The van der Waals surface area contributed by atoms with Gasteiger partial charge in [-0.3, -0.25) is 4.98 Å². The first-order valence-electron chi connectivity index (χ1n) is 14.7. The van der Waals surface area contributed by atoms with Crippen molar-refractivity contribution in [1.29, 1.82) is 0 Å². The fourth-order valence-corrected chi connectivity index (χ4v) is 7.99. The van der Waals surface area contributed by atoms with Crippen LogP contribution in [0.15, 0.2) is 36.5 Å². The number of ether oxygens (including phenoxy) is 1. The fourth-order valence-electron chi connectivity index (χ4n) is 5.67. The molecular weight excluding hydrogens is 613 g/mol. The van der Waals surface area contributed by atoms with Crippen molar-refractivity contribution in [3.05, 3.63) is 53.5 Å². The number of alkyl halides is 3. The van der Waals surface area contributed by atoms with Gasteiger partial charge in [0, 0.05) is 30.5 Å². The minimum atomic E-state index is -4.75. The minimum absolute atomic E-state index is 0.0344. The van der Waals surface area contributed by atoms with Gasteiger partial charge in [-0.2, -0.15) is 4.98 Å². The molecule has 2 aliphatic rings. The molecule has 2 N–H and O–H groups in total. The Morgan fingerprint density at radius 3 is 2.52 bits per heavy atom. The summed E-state index contributed by atoms with van der Waals surface area (Å²) in [5, 5.41) is 7.56. The Bertz CT molecular complexity index is 1760. The predicted octanol–water partition coefficient (Wildman–Crippen LogP) is 6.86. The lowest BCUT2D eigenvalue weighted by Gasteiger charge is -2.19. The van der Waals surface area contributed by atoms with Gasteiger partial charge in [0.25, 0.3) is 0 Å². The molecule has 3 heterocycles. The summed E-state index contributed by atoms with van der Waals surface area (Å²) in [4.78, 5) is 19.2. The monoisotopic (exact) mass is 646 g/mol. The van der Waals surface area contributed by atoms with E-state index in [0.717, 1.165) is 57.7 Å². The third-order valence-electron chi connectivity index (χ3n) is 8.02. The highest BCUT2D eigenvalue weighted by atomic mass is 32.2. The summed E-state index contributed by atoms with van der Waals surface area (Å²) >= 11 is 1.57. The van der Waals surface area contributed by atoms with Crippen molar-refractivity contribution in [2.75, 3.05) is 22.1 Å². The number of rotatable bonds is 11. The number of aryl methyl sites for hydroxylation is 1. The summed E-state index contributed by atoms with van der Waals surface area (Å²) in [6, 6.07) is 7.63. The number of halogens is 3. The summed E-state index contributed by atoms with van der Waals surface area (Å²) in [7, 11) is -3.07. The molecule has 2 aliphatic carbocycles. The number of hydrogen-bond donors (Lipinski definition) is 2. The number of thiazole rings is 1. The predicted molar refractivity (Wildman–Crippen MR) is 165 cm³/mol. The Morgan fingerprint density at radius 1 is 1.05 bits per heavy atom. The largest absolute Gasteiger partial charge is 0.573 e. The van der Waals surface area contributed by atoms with E-state index in [2.05, 4.69) is 20.4 Å². The highest BCUT2D eigenvalue weighted by molar-refractivity contribution is 7.91. The van der Waals surface area contributed by atoms with Gasteiger partial charge in [-0.15, -0.1) is 24.5 Å². The third-order valence-corrected chi connectivity index (χ3v) is 10.9. The van der Waals surface area contributed by atoms with Crippen LogP contribution in [-0.2, 0) is 16.4 Å². The molecule has 6 rings (SSSR count). The second-order valence-electron chi connectivity index (χ2n) is 11.5. The molecule has 9 nitrogen and oxygen atoms in total. The van der Waals surface area contributed by atoms with Crippen LogP contribution >= 0.6 is 11.3 Å². The maximum atomic E-state index is 12.5. The van der Waals surface area contributed by atoms with E-state index < -0.39 is 16.2 Å². The number of aromatic nitrogens is 4. The second-order valence-corrected chi connectivity index (χ2v) is 14.9. The first-order chi connectivity index (χ1) is 21.0. The van der Waals surface area contributed by atoms with Crippen LogP contribution in [0.3, 0.4) is 0 Å². The SMILES string of the molecule is CCS(=O)(=O)CC1CCC(Nc2nc(NCc3ccc(OC(F)(F)F)cc3)nc(C)c2-c2nc3c(C4CC4)nccc3s2)C1. The lowest BCUT2D eigenvalue weighted by Crippen LogP contribution is -2.21. The zero-order valence-corrected chi connectivity index (χ0v) is 25.9. The molecule has 0 spiro atoms. The molecular formula is C30H33F3N6O3S2. The first kappa shape index (κ1) is 30.5. The molecule has 0 aliphatic heterocycles. The zero-order valence-electron chi connectivity index (χ0n) is 24.3. The van der Waals surface area contributed by atoms with Crippen LogP contribution in [0.25, 0.3) is 20.8 Å². The lowest BCUT2D eigenvalue weighted by molar-refractivity contribution is -0.274. The highest BCUT2D eigenvalue weighted by Crippen LogP contribution is 2.44. The number of nitrogens with one attached hydrogen (secondary N) is 2. The summed E-state index contributed by atoms with van der Waals surface area (Å²) in [6.45, 7) is 3.85. The van der Waals surface area contributed by atoms with Crippen molar-refractivity contribution >= 4 is 43.2 Å². The third kappa shape index (κ3) is 7.23. The molecule has 4 aromatic rings. The van der Waals surface area contributed by atoms with E-state index in [0.29, 0.717) is 29.8 Å². The highest BCUT2D eigenvalue weighted by Gasteiger charge is 2.32. The van der Waals surface area contributed by atoms with E-state index in [9.17, 15) is 21.6 Å². The summed E-state index contributed by atoms with van der Waals surface area (Å²) in [5.41, 5.74) is 4.16. The summed E-state index contributed by atoms with van der Waals surface area (Å²) < 4.78 is 67.1. The van der Waals surface area contributed by atoms with Crippen LogP contribution in [0.5, 0.6) is 5.75 Å². The Kier molecular flexibility index (Phi) is 8.40. The number of hydrogen-bond acceptors (Lipinski definition) is 10. The summed E-state index contributed by atoms with van der Waals surface area (Å²) in [5.74, 6) is 1.53. The summed E-state index contributed by atoms with van der Waals surface area (Å²) in [6.07, 6.45) is 1.65. The molecule has 2 atom stereocenters. The van der Waals surface area contributed by atoms with E-state index >= 15 is 0 Å². The van der Waals surface area contributed by atoms with Crippen LogP contribution in [0, 0.1) is 12.8 Å². The molecule has 1 aromatic carbocycles. The van der Waals surface area contributed by atoms with Crippen LogP contribution in [0.4, 0.5) is 24.9 Å². The van der Waals surface area contributed by atoms with Gasteiger partial charge in [0.2, 0.25) is 5.95 Å². The Labute approximate surface area is 257 Å². The average molecular weight is 647 g/mol. The Balaban J connectivity index is 1.27. The van der Waals surface area contributed by atoms with Gasteiger partial charge in [0.1, 0.15) is 31.9 Å². The van der Waals surface area contributed by atoms with E-state index in [1.54, 1.807) is 30.4 Å². The number of anilines is 2. The van der Waals surface area contributed by atoms with E-state index in [1.807, 2.05) is 19.2 Å². The van der Waals surface area contributed by atoms with Gasteiger partial charge < -0.3 is 15.4 Å². The number of sulfone groups is 1. The quantitative estimate of drug-likeness (QED) is 0.180. The molecule has 0 saturated heterocycles. The van der Waals surface area contributed by atoms with Crippen molar-refractivity contribution in [3.8, 4) is 16.3 Å². The van der Waals surface area contributed by atoms with Crippen LogP contribution in [0.2, 0.25) is 0 Å². The molecule has 0 radical (unpaired) electrons. The first-order valence-corrected chi connectivity index (χ1v) is 17.3. The van der Waals surface area contributed by atoms with E-state index in [1.165, 1.54) is 12.1 Å². The maximum Gasteiger partial charge on any atom is 0.573 e. The Morgan fingerprint density at radius 2 is 1.82 bits per heavy atom. The standard InChI is InChI=1S/C30H33F3N6O3S2/c1-3-44(40,41)16-19-4-9-21(14-19)37-27-24(28-38-26-23(43-28)12-13-34-25(26)20-7-8-20)17(2)36-29(39-27)35-15-18-5-10-22(11-6-18)42-30(31,32)33/h5-6,10-13,19-21H,3-4,7-9,14-16H2,1-2H3,(H2,35,36,37,39). The average Bonchev–Trinajstić information content (AvgIpc) is 3.58. The van der Waals surface area contributed by atoms with Gasteiger partial charge >= 0.3 is 6.36 Å². The number of pyridine rings is 1. The lowest BCUT2D eigenvalue weighted by atomic mass is 10.1. The van der Waals surface area contributed by atoms with Crippen LogP contribution in [-0.4, -0.2) is 52.3 Å². The van der Waals surface area contributed by atoms with Gasteiger partial charge in [-0.05, 0) is 68.7 Å². The molecule has 14 heteroatoms. The topological polar surface area (TPSA) is 119 Å². The molecule has 2 saturated carbocycles. The fraction of sp³-hybridized carbons (Fsp3) is 0.467. The minimum Gasteiger partial charge on any atom is -0.406 e. The number of fused-ring (bicyclic) bond motifs is 1. The normalized spacial score (nSPS) is 18.9. The maximum absolute atomic E-state index is 12.5. The van der Waals surface area contributed by atoms with Crippen molar-refractivity contribution < 1.29 is 26.3 Å². The van der Waals surface area contributed by atoms with Gasteiger partial charge in [-0.25, -0.2) is 18.4 Å². The van der Waals surface area contributed by atoms with Crippen LogP contribution < -0.4 is 15.4 Å². The molecule has 234 valence electrons. The van der Waals surface area contributed by atoms with Crippen molar-refractivity contribution in [2.45, 2.75) is 70.8 Å². The number of benzene rings is 1. The second kappa shape index (κ2) is 12.1. The van der Waals surface area contributed by atoms with Crippen molar-refractivity contribution in [2.24, 2.45) is 5.92 Å². The zero-order chi connectivity index (χ0) is 31.1. The van der Waals surface area contributed by atoms with E-state index in [4.69, 9.17) is 15.0 Å². The molecule has 0 amide bonds. The molecule has 2 unspecified atom stereocenters. The van der Waals surface area contributed by atoms with E-state index in [-0.39, 0.29) is 35.8 Å². The van der Waals surface area contributed by atoms with Crippen molar-refractivity contribution in [1.82, 2.24) is 19.9 Å². The van der Waals surface area contributed by atoms with Gasteiger partial charge in [0.15, 0.2) is 0 Å². The molecule has 3 aromatic heterocycles. The number of nitrogens with zero attached hydrogens (tertiary/aromatic N) is 4. The molecule has 44 heavy (non-hydrogen) atoms. The van der Waals surface area contributed by atoms with Gasteiger partial charge in [0.05, 0.1) is 27.4 Å². The van der Waals surface area contributed by atoms with Crippen molar-refractivity contribution in [3.63, 3.8) is 0 Å². The molecule has 2 fully saturated rings. The Hall–Kier alpha value is -3.52. The smallest absolute Gasteiger partial charge is 0.406 e. The van der Waals surface area contributed by atoms with Crippen LogP contribution in [0.1, 0.15) is 61.9 Å². The van der Waals surface area contributed by atoms with Gasteiger partial charge in [-0.1, -0.05) is 19.1 Å².